The molecule has 3 nitrogen and oxygen atoms in total. The fourth-order valence-corrected chi connectivity index (χ4v) is 3.35. The van der Waals surface area contributed by atoms with E-state index in [0.717, 1.165) is 18.9 Å². The summed E-state index contributed by atoms with van der Waals surface area (Å²) in [6.07, 6.45) is 3.85. The second kappa shape index (κ2) is 4.87. The van der Waals surface area contributed by atoms with Crippen molar-refractivity contribution in [3.63, 3.8) is 0 Å². The zero-order valence-corrected chi connectivity index (χ0v) is 11.9. The van der Waals surface area contributed by atoms with Gasteiger partial charge < -0.3 is 9.64 Å². The predicted molar refractivity (Wildman–Crippen MR) is 71.0 cm³/mol. The first-order chi connectivity index (χ1) is 7.92. The number of hydrogen-bond donors (Lipinski definition) is 1. The first-order valence-electron chi connectivity index (χ1n) is 7.10. The molecule has 0 saturated carbocycles. The SMILES string of the molecule is CCN1CCCC(CC2(C)NCC(C)(C)O2)C1. The van der Waals surface area contributed by atoms with Gasteiger partial charge in [-0.25, -0.2) is 0 Å². The topological polar surface area (TPSA) is 24.5 Å². The molecule has 0 aromatic carbocycles. The molecule has 2 fully saturated rings. The third-order valence-electron chi connectivity index (χ3n) is 4.12. The van der Waals surface area contributed by atoms with Crippen LogP contribution in [0.2, 0.25) is 0 Å². The second-order valence-corrected chi connectivity index (χ2v) is 6.55. The van der Waals surface area contributed by atoms with Crippen LogP contribution in [0, 0.1) is 5.92 Å². The Kier molecular flexibility index (Phi) is 3.81. The van der Waals surface area contributed by atoms with Crippen LogP contribution < -0.4 is 5.32 Å². The van der Waals surface area contributed by atoms with E-state index in [2.05, 4.69) is 37.9 Å². The molecule has 2 rings (SSSR count). The summed E-state index contributed by atoms with van der Waals surface area (Å²) in [5, 5.41) is 3.56. The number of piperidine rings is 1. The molecule has 0 aromatic rings. The molecule has 100 valence electrons. The summed E-state index contributed by atoms with van der Waals surface area (Å²) in [5.41, 5.74) is -0.112. The maximum Gasteiger partial charge on any atom is 0.117 e. The lowest BCUT2D eigenvalue weighted by Crippen LogP contribution is -2.44. The minimum absolute atomic E-state index is 0.00609. The lowest BCUT2D eigenvalue weighted by atomic mass is 9.90. The van der Waals surface area contributed by atoms with E-state index >= 15 is 0 Å². The molecular weight excluding hydrogens is 212 g/mol. The average Bonchev–Trinajstić information content (AvgIpc) is 2.53. The van der Waals surface area contributed by atoms with Gasteiger partial charge >= 0.3 is 0 Å². The third kappa shape index (κ3) is 3.43. The highest BCUT2D eigenvalue weighted by Gasteiger charge is 2.41. The van der Waals surface area contributed by atoms with Crippen molar-refractivity contribution >= 4 is 0 Å². The number of hydrogen-bond acceptors (Lipinski definition) is 3. The molecule has 2 heterocycles. The van der Waals surface area contributed by atoms with E-state index in [0.29, 0.717) is 0 Å². The fraction of sp³-hybridized carbons (Fsp3) is 1.00. The molecule has 0 spiro atoms. The monoisotopic (exact) mass is 240 g/mol. The summed E-state index contributed by atoms with van der Waals surface area (Å²) in [4.78, 5) is 2.57. The molecule has 1 N–H and O–H groups in total. The molecule has 0 aliphatic carbocycles. The zero-order chi connectivity index (χ0) is 12.5. The van der Waals surface area contributed by atoms with Gasteiger partial charge in [-0.1, -0.05) is 6.92 Å². The molecule has 0 aromatic heterocycles. The number of ether oxygens (including phenoxy) is 1. The zero-order valence-electron chi connectivity index (χ0n) is 11.9. The molecule has 2 saturated heterocycles. The van der Waals surface area contributed by atoms with Crippen LogP contribution in [-0.4, -0.2) is 42.4 Å². The molecule has 0 bridgehead atoms. The Labute approximate surface area is 106 Å². The van der Waals surface area contributed by atoms with Gasteiger partial charge in [-0.05, 0) is 59.0 Å². The van der Waals surface area contributed by atoms with Gasteiger partial charge in [0.05, 0.1) is 5.60 Å². The van der Waals surface area contributed by atoms with E-state index in [9.17, 15) is 0 Å². The molecule has 3 heteroatoms. The van der Waals surface area contributed by atoms with Crippen LogP contribution in [0.4, 0.5) is 0 Å². The van der Waals surface area contributed by atoms with E-state index in [1.807, 2.05) is 0 Å². The third-order valence-corrected chi connectivity index (χ3v) is 4.12. The lowest BCUT2D eigenvalue weighted by Gasteiger charge is -2.36. The van der Waals surface area contributed by atoms with Crippen molar-refractivity contribution in [3.8, 4) is 0 Å². The Morgan fingerprint density at radius 2 is 2.12 bits per heavy atom. The predicted octanol–water partition coefficient (Wildman–Crippen LogP) is 2.22. The van der Waals surface area contributed by atoms with Crippen molar-refractivity contribution in [2.24, 2.45) is 5.92 Å². The molecule has 17 heavy (non-hydrogen) atoms. The van der Waals surface area contributed by atoms with Crippen molar-refractivity contribution in [1.29, 1.82) is 0 Å². The lowest BCUT2D eigenvalue weighted by molar-refractivity contribution is -0.0944. The van der Waals surface area contributed by atoms with Crippen molar-refractivity contribution in [2.45, 2.75) is 58.3 Å². The molecule has 2 aliphatic heterocycles. The van der Waals surface area contributed by atoms with Gasteiger partial charge in [-0.15, -0.1) is 0 Å². The first-order valence-corrected chi connectivity index (χ1v) is 7.10. The second-order valence-electron chi connectivity index (χ2n) is 6.55. The maximum absolute atomic E-state index is 6.18. The van der Waals surface area contributed by atoms with E-state index in [-0.39, 0.29) is 11.3 Å². The molecular formula is C14H28N2O. The summed E-state index contributed by atoms with van der Waals surface area (Å²) in [7, 11) is 0. The number of likely N-dealkylation sites (tertiary alicyclic amines) is 1. The van der Waals surface area contributed by atoms with Crippen LogP contribution in [0.3, 0.4) is 0 Å². The minimum Gasteiger partial charge on any atom is -0.354 e. The highest BCUT2D eigenvalue weighted by atomic mass is 16.5. The summed E-state index contributed by atoms with van der Waals surface area (Å²) in [6.45, 7) is 13.5. The highest BCUT2D eigenvalue weighted by molar-refractivity contribution is 4.91. The van der Waals surface area contributed by atoms with Crippen LogP contribution in [0.5, 0.6) is 0 Å². The molecule has 2 atom stereocenters. The summed E-state index contributed by atoms with van der Waals surface area (Å²) >= 11 is 0. The van der Waals surface area contributed by atoms with Crippen LogP contribution in [-0.2, 0) is 4.74 Å². The molecule has 2 unspecified atom stereocenters. The Balaban J connectivity index is 1.88. The first kappa shape index (κ1) is 13.3. The standard InChI is InChI=1S/C14H28N2O/c1-5-16-8-6-7-12(10-16)9-14(4)15-11-13(2,3)17-14/h12,15H,5-11H2,1-4H3. The van der Waals surface area contributed by atoms with Gasteiger partial charge in [-0.3, -0.25) is 5.32 Å². The van der Waals surface area contributed by atoms with Gasteiger partial charge in [0, 0.05) is 13.1 Å². The van der Waals surface area contributed by atoms with E-state index in [4.69, 9.17) is 4.74 Å². The van der Waals surface area contributed by atoms with Crippen molar-refractivity contribution < 1.29 is 4.74 Å². The van der Waals surface area contributed by atoms with Crippen LogP contribution in [0.15, 0.2) is 0 Å². The minimum atomic E-state index is -0.106. The van der Waals surface area contributed by atoms with Crippen molar-refractivity contribution in [2.75, 3.05) is 26.2 Å². The molecule has 0 radical (unpaired) electrons. The van der Waals surface area contributed by atoms with Crippen molar-refractivity contribution in [1.82, 2.24) is 10.2 Å². The summed E-state index contributed by atoms with van der Waals surface area (Å²) in [6, 6.07) is 0. The Morgan fingerprint density at radius 3 is 2.71 bits per heavy atom. The average molecular weight is 240 g/mol. The maximum atomic E-state index is 6.18. The Morgan fingerprint density at radius 1 is 1.35 bits per heavy atom. The number of nitrogens with one attached hydrogen (secondary N) is 1. The Bertz CT molecular complexity index is 267. The number of rotatable bonds is 3. The summed E-state index contributed by atoms with van der Waals surface area (Å²) in [5.74, 6) is 0.787. The normalized spacial score (nSPS) is 38.5. The van der Waals surface area contributed by atoms with E-state index < -0.39 is 0 Å². The van der Waals surface area contributed by atoms with Gasteiger partial charge in [0.2, 0.25) is 0 Å². The smallest absolute Gasteiger partial charge is 0.117 e. The fourth-order valence-electron chi connectivity index (χ4n) is 3.35. The number of nitrogens with zero attached hydrogens (tertiary/aromatic N) is 1. The van der Waals surface area contributed by atoms with Crippen LogP contribution >= 0.6 is 0 Å². The largest absolute Gasteiger partial charge is 0.354 e. The Hall–Kier alpha value is -0.120. The van der Waals surface area contributed by atoms with E-state index in [1.54, 1.807) is 0 Å². The van der Waals surface area contributed by atoms with Crippen LogP contribution in [0.25, 0.3) is 0 Å². The van der Waals surface area contributed by atoms with Gasteiger partial charge in [0.25, 0.3) is 0 Å². The molecule has 2 aliphatic rings. The van der Waals surface area contributed by atoms with Crippen LogP contribution in [0.1, 0.15) is 47.0 Å². The van der Waals surface area contributed by atoms with E-state index in [1.165, 1.54) is 32.5 Å². The molecule has 0 amide bonds. The quantitative estimate of drug-likeness (QED) is 0.818. The highest BCUT2D eigenvalue weighted by Crippen LogP contribution is 2.33. The summed E-state index contributed by atoms with van der Waals surface area (Å²) < 4.78 is 6.18. The van der Waals surface area contributed by atoms with Gasteiger partial charge in [0.15, 0.2) is 0 Å². The van der Waals surface area contributed by atoms with Gasteiger partial charge in [-0.2, -0.15) is 0 Å². The van der Waals surface area contributed by atoms with Gasteiger partial charge in [0.1, 0.15) is 5.72 Å². The van der Waals surface area contributed by atoms with Crippen molar-refractivity contribution in [3.05, 3.63) is 0 Å².